The molecule has 2 aromatic rings. The number of benzene rings is 1. The molecule has 1 aromatic heterocycles. The zero-order valence-electron chi connectivity index (χ0n) is 18.6. The lowest BCUT2D eigenvalue weighted by Crippen LogP contribution is -2.48. The Labute approximate surface area is 190 Å². The van der Waals surface area contributed by atoms with Crippen molar-refractivity contribution in [2.45, 2.75) is 39.4 Å². The number of rotatable bonds is 9. The monoisotopic (exact) mass is 452 g/mol. The molecule has 2 aliphatic rings. The highest BCUT2D eigenvalue weighted by molar-refractivity contribution is 5.85. The Morgan fingerprint density at radius 3 is 2.61 bits per heavy atom. The minimum Gasteiger partial charge on any atom is -0.454 e. The number of methoxy groups -OCH3 is 1. The first-order valence-electron chi connectivity index (χ1n) is 10.7. The van der Waals surface area contributed by atoms with Gasteiger partial charge in [-0.3, -0.25) is 9.80 Å². The Bertz CT molecular complexity index is 825. The molecular formula is C21H33ClN6O3. The maximum absolute atomic E-state index is 5.52. The minimum atomic E-state index is 0. The number of fused-ring (bicyclic) bond motifs is 1. The molecule has 1 aromatic carbocycles. The fourth-order valence-electron chi connectivity index (χ4n) is 4.18. The van der Waals surface area contributed by atoms with Crippen LogP contribution in [0.5, 0.6) is 11.5 Å². The lowest BCUT2D eigenvalue weighted by Gasteiger charge is -2.39. The molecule has 0 bridgehead atoms. The van der Waals surface area contributed by atoms with Crippen molar-refractivity contribution in [2.24, 2.45) is 5.92 Å². The molecule has 0 radical (unpaired) electrons. The average molecular weight is 453 g/mol. The molecule has 1 fully saturated rings. The summed E-state index contributed by atoms with van der Waals surface area (Å²) in [6.45, 7) is 11.1. The van der Waals surface area contributed by atoms with Crippen LogP contribution in [0, 0.1) is 5.92 Å². The van der Waals surface area contributed by atoms with E-state index in [1.54, 1.807) is 7.11 Å². The van der Waals surface area contributed by atoms with Crippen LogP contribution in [0.2, 0.25) is 0 Å². The van der Waals surface area contributed by atoms with E-state index >= 15 is 0 Å². The standard InChI is InChI=1S/C21H32N6O3.ClH/c1-16(2)12-18(21-22-23-24-27(21)10-11-28-3)26-8-6-25(7-9-26)14-17-4-5-19-20(13-17)30-15-29-19;/h4-5,13,16,18H,6-12,14-15H2,1-3H3;1H. The number of ether oxygens (including phenoxy) is 3. The van der Waals surface area contributed by atoms with E-state index in [2.05, 4.69) is 51.3 Å². The first-order chi connectivity index (χ1) is 14.6. The normalized spacial score (nSPS) is 17.7. The maximum Gasteiger partial charge on any atom is 0.231 e. The topological polar surface area (TPSA) is 77.8 Å². The second kappa shape index (κ2) is 11.1. The Hall–Kier alpha value is -1.94. The predicted octanol–water partition coefficient (Wildman–Crippen LogP) is 2.37. The summed E-state index contributed by atoms with van der Waals surface area (Å²) in [4.78, 5) is 5.03. The highest BCUT2D eigenvalue weighted by Gasteiger charge is 2.30. The highest BCUT2D eigenvalue weighted by Crippen LogP contribution is 2.33. The van der Waals surface area contributed by atoms with Crippen LogP contribution in [0.15, 0.2) is 18.2 Å². The third-order valence-corrected chi connectivity index (χ3v) is 5.75. The van der Waals surface area contributed by atoms with Crippen molar-refractivity contribution in [3.63, 3.8) is 0 Å². The Kier molecular flexibility index (Phi) is 8.48. The summed E-state index contributed by atoms with van der Waals surface area (Å²) in [6, 6.07) is 6.46. The summed E-state index contributed by atoms with van der Waals surface area (Å²) in [7, 11) is 1.70. The fourth-order valence-corrected chi connectivity index (χ4v) is 4.18. The molecule has 0 amide bonds. The summed E-state index contributed by atoms with van der Waals surface area (Å²) < 4.78 is 18.1. The Balaban J connectivity index is 0.00000272. The van der Waals surface area contributed by atoms with Crippen LogP contribution in [0.25, 0.3) is 0 Å². The molecule has 4 rings (SSSR count). The van der Waals surface area contributed by atoms with E-state index in [0.29, 0.717) is 25.9 Å². The first kappa shape index (κ1) is 23.7. The van der Waals surface area contributed by atoms with Gasteiger partial charge in [-0.05, 0) is 40.5 Å². The molecule has 2 aliphatic heterocycles. The van der Waals surface area contributed by atoms with E-state index in [0.717, 1.165) is 56.5 Å². The van der Waals surface area contributed by atoms with E-state index < -0.39 is 0 Å². The van der Waals surface area contributed by atoms with E-state index in [-0.39, 0.29) is 18.4 Å². The minimum absolute atomic E-state index is 0. The van der Waals surface area contributed by atoms with Crippen LogP contribution in [0.4, 0.5) is 0 Å². The van der Waals surface area contributed by atoms with Gasteiger partial charge in [0.15, 0.2) is 17.3 Å². The van der Waals surface area contributed by atoms with Gasteiger partial charge in [-0.25, -0.2) is 4.68 Å². The van der Waals surface area contributed by atoms with Crippen molar-refractivity contribution in [1.82, 2.24) is 30.0 Å². The number of hydrogen-bond donors (Lipinski definition) is 0. The van der Waals surface area contributed by atoms with Gasteiger partial charge in [-0.15, -0.1) is 17.5 Å². The second-order valence-electron chi connectivity index (χ2n) is 8.40. The number of hydrogen-bond acceptors (Lipinski definition) is 8. The quantitative estimate of drug-likeness (QED) is 0.574. The van der Waals surface area contributed by atoms with Gasteiger partial charge in [-0.1, -0.05) is 19.9 Å². The van der Waals surface area contributed by atoms with Gasteiger partial charge < -0.3 is 14.2 Å². The largest absolute Gasteiger partial charge is 0.454 e. The molecule has 1 unspecified atom stereocenters. The molecule has 0 spiro atoms. The number of halogens is 1. The van der Waals surface area contributed by atoms with Crippen LogP contribution < -0.4 is 9.47 Å². The van der Waals surface area contributed by atoms with Gasteiger partial charge in [-0.2, -0.15) is 0 Å². The van der Waals surface area contributed by atoms with Crippen molar-refractivity contribution in [2.75, 3.05) is 46.7 Å². The molecule has 10 heteroatoms. The lowest BCUT2D eigenvalue weighted by atomic mass is 10.0. The van der Waals surface area contributed by atoms with Crippen LogP contribution in [0.3, 0.4) is 0 Å². The van der Waals surface area contributed by atoms with Crippen LogP contribution in [0.1, 0.15) is 37.7 Å². The van der Waals surface area contributed by atoms with Crippen LogP contribution >= 0.6 is 12.4 Å². The van der Waals surface area contributed by atoms with E-state index in [1.807, 2.05) is 10.7 Å². The maximum atomic E-state index is 5.52. The molecule has 31 heavy (non-hydrogen) atoms. The SMILES string of the molecule is COCCn1nnnc1C(CC(C)C)N1CCN(Cc2ccc3c(c2)OCO3)CC1.Cl. The molecule has 3 heterocycles. The van der Waals surface area contributed by atoms with E-state index in [9.17, 15) is 0 Å². The summed E-state index contributed by atoms with van der Waals surface area (Å²) >= 11 is 0. The summed E-state index contributed by atoms with van der Waals surface area (Å²) in [5.41, 5.74) is 1.26. The van der Waals surface area contributed by atoms with Crippen molar-refractivity contribution < 1.29 is 14.2 Å². The number of aromatic nitrogens is 4. The Morgan fingerprint density at radius 1 is 1.10 bits per heavy atom. The summed E-state index contributed by atoms with van der Waals surface area (Å²) in [5, 5.41) is 12.5. The predicted molar refractivity (Wildman–Crippen MR) is 119 cm³/mol. The zero-order valence-corrected chi connectivity index (χ0v) is 19.4. The van der Waals surface area contributed by atoms with Crippen molar-refractivity contribution in [3.05, 3.63) is 29.6 Å². The molecule has 0 saturated carbocycles. The van der Waals surface area contributed by atoms with Crippen molar-refractivity contribution in [1.29, 1.82) is 0 Å². The van der Waals surface area contributed by atoms with Gasteiger partial charge >= 0.3 is 0 Å². The lowest BCUT2D eigenvalue weighted by molar-refractivity contribution is 0.0757. The second-order valence-corrected chi connectivity index (χ2v) is 8.40. The third kappa shape index (κ3) is 5.85. The highest BCUT2D eigenvalue weighted by atomic mass is 35.5. The molecule has 9 nitrogen and oxygen atoms in total. The van der Waals surface area contributed by atoms with Crippen LogP contribution in [-0.2, 0) is 17.8 Å². The first-order valence-corrected chi connectivity index (χ1v) is 10.7. The average Bonchev–Trinajstić information content (AvgIpc) is 3.40. The van der Waals surface area contributed by atoms with E-state index in [1.165, 1.54) is 5.56 Å². The summed E-state index contributed by atoms with van der Waals surface area (Å²) in [6.07, 6.45) is 1.04. The van der Waals surface area contributed by atoms with Gasteiger partial charge in [0.2, 0.25) is 6.79 Å². The third-order valence-electron chi connectivity index (χ3n) is 5.75. The molecule has 0 aliphatic carbocycles. The van der Waals surface area contributed by atoms with Gasteiger partial charge in [0.25, 0.3) is 0 Å². The molecule has 1 saturated heterocycles. The van der Waals surface area contributed by atoms with Crippen molar-refractivity contribution in [3.8, 4) is 11.5 Å². The number of nitrogens with zero attached hydrogens (tertiary/aromatic N) is 6. The fraction of sp³-hybridized carbons (Fsp3) is 0.667. The number of tetrazole rings is 1. The van der Waals surface area contributed by atoms with Crippen molar-refractivity contribution >= 4 is 12.4 Å². The van der Waals surface area contributed by atoms with Gasteiger partial charge in [0, 0.05) is 39.8 Å². The molecular weight excluding hydrogens is 420 g/mol. The summed E-state index contributed by atoms with van der Waals surface area (Å²) in [5.74, 6) is 3.21. The van der Waals surface area contributed by atoms with Crippen LogP contribution in [-0.4, -0.2) is 76.7 Å². The van der Waals surface area contributed by atoms with E-state index in [4.69, 9.17) is 14.2 Å². The smallest absolute Gasteiger partial charge is 0.231 e. The molecule has 0 N–H and O–H groups in total. The molecule has 172 valence electrons. The van der Waals surface area contributed by atoms with Gasteiger partial charge in [0.1, 0.15) is 0 Å². The Morgan fingerprint density at radius 2 is 1.87 bits per heavy atom. The van der Waals surface area contributed by atoms with Gasteiger partial charge in [0.05, 0.1) is 19.2 Å². The molecule has 1 atom stereocenters. The zero-order chi connectivity index (χ0) is 20.9. The number of piperazine rings is 1.